The Bertz CT molecular complexity index is 1640. The van der Waals surface area contributed by atoms with E-state index in [0.29, 0.717) is 17.2 Å². The number of carbonyl (C=O) groups excluding carboxylic acids is 3. The molecule has 0 aliphatic carbocycles. The maximum atomic E-state index is 12.9. The predicted octanol–water partition coefficient (Wildman–Crippen LogP) is 2.03. The van der Waals surface area contributed by atoms with Crippen molar-refractivity contribution in [2.75, 3.05) is 19.1 Å². The molecule has 3 aromatic rings. The van der Waals surface area contributed by atoms with Crippen molar-refractivity contribution < 1.29 is 29.0 Å². The normalized spacial score (nSPS) is 14.9. The Kier molecular flexibility index (Phi) is 7.57. The molecule has 1 fully saturated rings. The molecule has 12 heteroatoms. The fraction of sp³-hybridized carbons (Fsp3) is 0.0741. The predicted molar refractivity (Wildman–Crippen MR) is 141 cm³/mol. The molecule has 198 valence electrons. The first-order valence-electron chi connectivity index (χ1n) is 11.4. The first-order valence-corrected chi connectivity index (χ1v) is 11.4. The fourth-order valence-electron chi connectivity index (χ4n) is 3.67. The Balaban J connectivity index is 1.57. The number of aromatic nitrogens is 2. The van der Waals surface area contributed by atoms with Crippen LogP contribution in [0.1, 0.15) is 5.56 Å². The van der Waals surface area contributed by atoms with E-state index < -0.39 is 35.0 Å². The van der Waals surface area contributed by atoms with Crippen molar-refractivity contribution in [1.82, 2.24) is 14.9 Å². The van der Waals surface area contributed by atoms with Gasteiger partial charge in [-0.3, -0.25) is 24.7 Å². The summed E-state index contributed by atoms with van der Waals surface area (Å²) in [5.41, 5.74) is -1.63. The maximum Gasteiger partial charge on any atom is 0.335 e. The molecule has 1 aliphatic heterocycles. The summed E-state index contributed by atoms with van der Waals surface area (Å²) in [7, 11) is 2.96. The van der Waals surface area contributed by atoms with E-state index in [1.54, 1.807) is 24.3 Å². The Hall–Kier alpha value is -5.65. The quantitative estimate of drug-likeness (QED) is 0.238. The minimum atomic E-state index is -0.891. The second-order valence-electron chi connectivity index (χ2n) is 7.95. The van der Waals surface area contributed by atoms with Gasteiger partial charge in [0.15, 0.2) is 0 Å². The molecule has 1 saturated heterocycles. The number of aromatic hydroxyl groups is 1. The molecule has 2 aromatic carbocycles. The number of imide groups is 2. The molecule has 3 N–H and O–H groups in total. The van der Waals surface area contributed by atoms with E-state index in [9.17, 15) is 29.1 Å². The smallest absolute Gasteiger partial charge is 0.335 e. The lowest BCUT2D eigenvalue weighted by Crippen LogP contribution is -2.54. The Morgan fingerprint density at radius 3 is 1.97 bits per heavy atom. The topological polar surface area (TPSA) is 160 Å². The van der Waals surface area contributed by atoms with Crippen LogP contribution >= 0.6 is 0 Å². The van der Waals surface area contributed by atoms with Crippen LogP contribution < -0.4 is 30.9 Å². The van der Waals surface area contributed by atoms with Gasteiger partial charge in [-0.05, 0) is 60.7 Å². The molecule has 0 spiro atoms. The van der Waals surface area contributed by atoms with Crippen LogP contribution in [0.2, 0.25) is 0 Å². The lowest BCUT2D eigenvalue weighted by Gasteiger charge is -2.26. The lowest BCUT2D eigenvalue weighted by molar-refractivity contribution is -0.122. The molecule has 0 unspecified atom stereocenters. The standard InChI is InChI=1S/C27H22N4O8/c1-38-18-12-8-16(9-13-18)30-24(34)20(22(32)28-26(30)36)6-4-3-5-7-21-23(33)29-27(37)31(25(21)35)17-10-14-19(39-2)15-11-17/h3-15,34H,1-2H3,(H,28,32,36)(H,29,33,37). The summed E-state index contributed by atoms with van der Waals surface area (Å²) in [5.74, 6) is -1.23. The monoisotopic (exact) mass is 530 g/mol. The number of benzene rings is 2. The van der Waals surface area contributed by atoms with E-state index in [2.05, 4.69) is 10.3 Å². The number of amides is 4. The van der Waals surface area contributed by atoms with Crippen molar-refractivity contribution in [2.45, 2.75) is 0 Å². The number of nitrogens with zero attached hydrogens (tertiary/aromatic N) is 2. The van der Waals surface area contributed by atoms with E-state index in [-0.39, 0.29) is 16.8 Å². The van der Waals surface area contributed by atoms with Crippen LogP contribution in [-0.2, 0) is 9.59 Å². The van der Waals surface area contributed by atoms with E-state index in [1.165, 1.54) is 68.9 Å². The van der Waals surface area contributed by atoms with Crippen molar-refractivity contribution in [2.24, 2.45) is 0 Å². The van der Waals surface area contributed by atoms with Gasteiger partial charge in [0.1, 0.15) is 22.6 Å². The van der Waals surface area contributed by atoms with Gasteiger partial charge < -0.3 is 14.6 Å². The van der Waals surface area contributed by atoms with E-state index in [4.69, 9.17) is 9.47 Å². The zero-order valence-corrected chi connectivity index (χ0v) is 20.7. The average molecular weight is 530 g/mol. The molecular formula is C27H22N4O8. The number of rotatable bonds is 7. The molecule has 0 saturated carbocycles. The molecule has 2 heterocycles. The Morgan fingerprint density at radius 1 is 0.795 bits per heavy atom. The number of H-pyrrole nitrogens is 1. The minimum absolute atomic E-state index is 0.203. The lowest BCUT2D eigenvalue weighted by atomic mass is 10.1. The first-order chi connectivity index (χ1) is 18.7. The number of hydrogen-bond donors (Lipinski definition) is 3. The van der Waals surface area contributed by atoms with Gasteiger partial charge in [-0.1, -0.05) is 18.2 Å². The number of nitrogens with one attached hydrogen (secondary N) is 2. The van der Waals surface area contributed by atoms with Crippen LogP contribution in [0.15, 0.2) is 88.0 Å². The van der Waals surface area contributed by atoms with Crippen molar-refractivity contribution >= 4 is 29.6 Å². The Morgan fingerprint density at radius 2 is 1.38 bits per heavy atom. The van der Waals surface area contributed by atoms with Gasteiger partial charge in [-0.2, -0.15) is 0 Å². The number of urea groups is 1. The second-order valence-corrected chi connectivity index (χ2v) is 7.95. The van der Waals surface area contributed by atoms with Crippen LogP contribution in [-0.4, -0.2) is 46.7 Å². The SMILES string of the molecule is COc1ccc(N2C(=O)NC(=O)C(=CC=CC=Cc3c(O)n(-c4ccc(OC)cc4)c(=O)[nH]c3=O)C2=O)cc1. The first kappa shape index (κ1) is 26.4. The summed E-state index contributed by atoms with van der Waals surface area (Å²) >= 11 is 0. The number of anilines is 1. The number of allylic oxidation sites excluding steroid dienone is 4. The van der Waals surface area contributed by atoms with Crippen molar-refractivity contribution in [3.05, 3.63) is 105 Å². The van der Waals surface area contributed by atoms with Crippen molar-refractivity contribution in [3.63, 3.8) is 0 Å². The summed E-state index contributed by atoms with van der Waals surface area (Å²) in [6, 6.07) is 11.5. The highest BCUT2D eigenvalue weighted by molar-refractivity contribution is 6.37. The zero-order valence-electron chi connectivity index (χ0n) is 20.7. The molecule has 12 nitrogen and oxygen atoms in total. The van der Waals surface area contributed by atoms with Crippen molar-refractivity contribution in [1.29, 1.82) is 0 Å². The average Bonchev–Trinajstić information content (AvgIpc) is 2.92. The van der Waals surface area contributed by atoms with Gasteiger partial charge in [-0.25, -0.2) is 19.1 Å². The van der Waals surface area contributed by atoms with Gasteiger partial charge in [0.2, 0.25) is 5.88 Å². The fourth-order valence-corrected chi connectivity index (χ4v) is 3.67. The van der Waals surface area contributed by atoms with Crippen LogP contribution in [0.4, 0.5) is 10.5 Å². The van der Waals surface area contributed by atoms with Crippen LogP contribution in [0.5, 0.6) is 17.4 Å². The molecule has 0 atom stereocenters. The molecule has 0 radical (unpaired) electrons. The number of ether oxygens (including phenoxy) is 2. The number of hydrogen-bond acceptors (Lipinski definition) is 8. The van der Waals surface area contributed by atoms with E-state index in [0.717, 1.165) is 9.47 Å². The number of carbonyl (C=O) groups is 3. The van der Waals surface area contributed by atoms with Gasteiger partial charge in [-0.15, -0.1) is 0 Å². The highest BCUT2D eigenvalue weighted by Crippen LogP contribution is 2.23. The minimum Gasteiger partial charge on any atom is -0.497 e. The van der Waals surface area contributed by atoms with Crippen LogP contribution in [0.25, 0.3) is 11.8 Å². The highest BCUT2D eigenvalue weighted by Gasteiger charge is 2.36. The maximum absolute atomic E-state index is 12.9. The summed E-state index contributed by atoms with van der Waals surface area (Å²) < 4.78 is 11.1. The summed E-state index contributed by atoms with van der Waals surface area (Å²) in [6.45, 7) is 0. The number of methoxy groups -OCH3 is 2. The van der Waals surface area contributed by atoms with Gasteiger partial charge in [0, 0.05) is 0 Å². The third-order valence-electron chi connectivity index (χ3n) is 5.63. The van der Waals surface area contributed by atoms with Crippen LogP contribution in [0.3, 0.4) is 0 Å². The van der Waals surface area contributed by atoms with Crippen molar-refractivity contribution in [3.8, 4) is 23.1 Å². The van der Waals surface area contributed by atoms with E-state index in [1.807, 2.05) is 0 Å². The summed E-state index contributed by atoms with van der Waals surface area (Å²) in [4.78, 5) is 65.1. The Labute approximate surface area is 220 Å². The van der Waals surface area contributed by atoms with Crippen LogP contribution in [0, 0.1) is 0 Å². The zero-order chi connectivity index (χ0) is 28.1. The molecular weight excluding hydrogens is 508 g/mol. The third-order valence-corrected chi connectivity index (χ3v) is 5.63. The van der Waals surface area contributed by atoms with Gasteiger partial charge in [0.25, 0.3) is 17.4 Å². The molecule has 1 aliphatic rings. The molecule has 1 aromatic heterocycles. The second kappa shape index (κ2) is 11.2. The number of aromatic amines is 1. The van der Waals surface area contributed by atoms with E-state index >= 15 is 0 Å². The van der Waals surface area contributed by atoms with Gasteiger partial charge in [0.05, 0.1) is 25.6 Å². The molecule has 4 amide bonds. The highest BCUT2D eigenvalue weighted by atomic mass is 16.5. The molecule has 4 rings (SSSR count). The third kappa shape index (κ3) is 5.39. The molecule has 39 heavy (non-hydrogen) atoms. The summed E-state index contributed by atoms with van der Waals surface area (Å²) in [5, 5.41) is 12.7. The molecule has 0 bridgehead atoms. The van der Waals surface area contributed by atoms with Gasteiger partial charge >= 0.3 is 11.7 Å². The summed E-state index contributed by atoms with van der Waals surface area (Å²) in [6.07, 6.45) is 6.55. The number of barbiturate groups is 1. The largest absolute Gasteiger partial charge is 0.497 e.